The summed E-state index contributed by atoms with van der Waals surface area (Å²) in [5.74, 6) is -2.18. The molecule has 0 heterocycles. The van der Waals surface area contributed by atoms with Gasteiger partial charge in [0.05, 0.1) is 5.56 Å². The van der Waals surface area contributed by atoms with E-state index in [0.29, 0.717) is 12.0 Å². The van der Waals surface area contributed by atoms with Gasteiger partial charge in [-0.15, -0.1) is 0 Å². The third-order valence-corrected chi connectivity index (χ3v) is 3.36. The van der Waals surface area contributed by atoms with Crippen LogP contribution in [0.3, 0.4) is 0 Å². The Bertz CT molecular complexity index is 694. The molecule has 124 valence electrons. The van der Waals surface area contributed by atoms with Gasteiger partial charge in [-0.25, -0.2) is 9.59 Å². The zero-order valence-corrected chi connectivity index (χ0v) is 13.3. The SMILES string of the molecule is CCC(COC(=O)C(=O)c1ccccc1)OC(=O)c1ccccc1. The summed E-state index contributed by atoms with van der Waals surface area (Å²) in [5.41, 5.74) is 0.680. The van der Waals surface area contributed by atoms with Crippen LogP contribution in [0.25, 0.3) is 0 Å². The molecule has 0 aliphatic carbocycles. The summed E-state index contributed by atoms with van der Waals surface area (Å²) in [6.45, 7) is 1.64. The third kappa shape index (κ3) is 4.78. The zero-order chi connectivity index (χ0) is 17.4. The van der Waals surface area contributed by atoms with Crippen LogP contribution in [0.5, 0.6) is 0 Å². The van der Waals surface area contributed by atoms with Crippen LogP contribution in [0.15, 0.2) is 60.7 Å². The van der Waals surface area contributed by atoms with Gasteiger partial charge in [-0.2, -0.15) is 0 Å². The Balaban J connectivity index is 1.88. The van der Waals surface area contributed by atoms with E-state index in [4.69, 9.17) is 9.47 Å². The Hall–Kier alpha value is -2.95. The van der Waals surface area contributed by atoms with Crippen LogP contribution in [0, 0.1) is 0 Å². The smallest absolute Gasteiger partial charge is 0.379 e. The van der Waals surface area contributed by atoms with E-state index in [1.165, 1.54) is 12.1 Å². The van der Waals surface area contributed by atoms with Crippen LogP contribution in [-0.2, 0) is 14.3 Å². The zero-order valence-electron chi connectivity index (χ0n) is 13.3. The number of rotatable bonds is 7. The average Bonchev–Trinajstić information content (AvgIpc) is 2.65. The highest BCUT2D eigenvalue weighted by Gasteiger charge is 2.21. The van der Waals surface area contributed by atoms with Gasteiger partial charge < -0.3 is 9.47 Å². The van der Waals surface area contributed by atoms with E-state index in [1.807, 2.05) is 0 Å². The summed E-state index contributed by atoms with van der Waals surface area (Å²) < 4.78 is 10.3. The van der Waals surface area contributed by atoms with Crippen LogP contribution in [0.4, 0.5) is 0 Å². The molecule has 0 amide bonds. The molecule has 0 saturated heterocycles. The fourth-order valence-corrected chi connectivity index (χ4v) is 1.97. The fourth-order valence-electron chi connectivity index (χ4n) is 1.97. The van der Waals surface area contributed by atoms with Crippen molar-refractivity contribution in [1.82, 2.24) is 0 Å². The van der Waals surface area contributed by atoms with Crippen LogP contribution >= 0.6 is 0 Å². The van der Waals surface area contributed by atoms with Gasteiger partial charge in [0.25, 0.3) is 5.78 Å². The van der Waals surface area contributed by atoms with E-state index >= 15 is 0 Å². The Morgan fingerprint density at radius 2 is 1.42 bits per heavy atom. The first-order valence-electron chi connectivity index (χ1n) is 7.64. The summed E-state index contributed by atoms with van der Waals surface area (Å²) in [6, 6.07) is 16.7. The second kappa shape index (κ2) is 8.62. The highest BCUT2D eigenvalue weighted by atomic mass is 16.6. The maximum atomic E-state index is 12.0. The van der Waals surface area contributed by atoms with Crippen molar-refractivity contribution in [2.24, 2.45) is 0 Å². The lowest BCUT2D eigenvalue weighted by Gasteiger charge is -2.16. The van der Waals surface area contributed by atoms with E-state index < -0.39 is 23.8 Å². The van der Waals surface area contributed by atoms with Crippen molar-refractivity contribution in [3.8, 4) is 0 Å². The number of carbonyl (C=O) groups is 3. The quantitative estimate of drug-likeness (QED) is 0.444. The van der Waals surface area contributed by atoms with Gasteiger partial charge in [0.1, 0.15) is 12.7 Å². The fraction of sp³-hybridized carbons (Fsp3) is 0.211. The maximum Gasteiger partial charge on any atom is 0.379 e. The molecule has 0 aromatic heterocycles. The number of ether oxygens (including phenoxy) is 2. The minimum absolute atomic E-state index is 0.160. The maximum absolute atomic E-state index is 12.0. The number of ketones is 1. The molecular formula is C19H18O5. The summed E-state index contributed by atoms with van der Waals surface area (Å²) >= 11 is 0. The van der Waals surface area contributed by atoms with E-state index in [9.17, 15) is 14.4 Å². The molecule has 5 heteroatoms. The first-order chi connectivity index (χ1) is 11.6. The number of hydrogen-bond donors (Lipinski definition) is 0. The first kappa shape index (κ1) is 17.4. The number of hydrogen-bond acceptors (Lipinski definition) is 5. The first-order valence-corrected chi connectivity index (χ1v) is 7.64. The van der Waals surface area contributed by atoms with Crippen molar-refractivity contribution in [2.75, 3.05) is 6.61 Å². The van der Waals surface area contributed by atoms with Gasteiger partial charge in [-0.1, -0.05) is 55.5 Å². The van der Waals surface area contributed by atoms with E-state index in [2.05, 4.69) is 0 Å². The minimum atomic E-state index is -0.963. The Morgan fingerprint density at radius 3 is 1.96 bits per heavy atom. The largest absolute Gasteiger partial charge is 0.456 e. The van der Waals surface area contributed by atoms with Crippen LogP contribution in [0.1, 0.15) is 34.1 Å². The molecule has 0 saturated carbocycles. The van der Waals surface area contributed by atoms with Crippen LogP contribution in [0.2, 0.25) is 0 Å². The van der Waals surface area contributed by atoms with Gasteiger partial charge in [-0.05, 0) is 18.6 Å². The van der Waals surface area contributed by atoms with Crippen LogP contribution < -0.4 is 0 Å². The molecule has 2 aromatic carbocycles. The Kier molecular flexibility index (Phi) is 6.25. The molecule has 0 aliphatic rings. The lowest BCUT2D eigenvalue weighted by Crippen LogP contribution is -2.27. The van der Waals surface area contributed by atoms with Crippen molar-refractivity contribution in [2.45, 2.75) is 19.4 Å². The molecule has 0 N–H and O–H groups in total. The highest BCUT2D eigenvalue weighted by molar-refractivity contribution is 6.40. The molecule has 0 bridgehead atoms. The summed E-state index contributed by atoms with van der Waals surface area (Å²) in [6.07, 6.45) is -0.143. The van der Waals surface area contributed by atoms with Crippen molar-refractivity contribution in [3.63, 3.8) is 0 Å². The molecule has 5 nitrogen and oxygen atoms in total. The van der Waals surface area contributed by atoms with Crippen molar-refractivity contribution in [3.05, 3.63) is 71.8 Å². The monoisotopic (exact) mass is 326 g/mol. The topological polar surface area (TPSA) is 69.7 Å². The number of Topliss-reactive ketones (excluding diaryl/α,β-unsaturated/α-hetero) is 1. The Morgan fingerprint density at radius 1 is 0.875 bits per heavy atom. The van der Waals surface area contributed by atoms with E-state index in [1.54, 1.807) is 55.5 Å². The molecule has 24 heavy (non-hydrogen) atoms. The predicted octanol–water partition coefficient (Wildman–Crippen LogP) is 3.05. The summed E-state index contributed by atoms with van der Waals surface area (Å²) in [5, 5.41) is 0. The number of esters is 2. The summed E-state index contributed by atoms with van der Waals surface area (Å²) in [4.78, 5) is 35.7. The van der Waals surface area contributed by atoms with Gasteiger partial charge in [0.2, 0.25) is 0 Å². The van der Waals surface area contributed by atoms with Crippen molar-refractivity contribution in [1.29, 1.82) is 0 Å². The second-order valence-electron chi connectivity index (χ2n) is 5.10. The van der Waals surface area contributed by atoms with Crippen molar-refractivity contribution >= 4 is 17.7 Å². The molecule has 1 atom stereocenters. The second-order valence-corrected chi connectivity index (χ2v) is 5.10. The Labute approximate surface area is 140 Å². The predicted molar refractivity (Wildman–Crippen MR) is 87.7 cm³/mol. The highest BCUT2D eigenvalue weighted by Crippen LogP contribution is 2.08. The van der Waals surface area contributed by atoms with Gasteiger partial charge >= 0.3 is 11.9 Å². The van der Waals surface area contributed by atoms with E-state index in [0.717, 1.165) is 0 Å². The normalized spacial score (nSPS) is 11.4. The number of benzene rings is 2. The summed E-state index contributed by atoms with van der Waals surface area (Å²) in [7, 11) is 0. The van der Waals surface area contributed by atoms with Crippen LogP contribution in [-0.4, -0.2) is 30.4 Å². The van der Waals surface area contributed by atoms with Crippen molar-refractivity contribution < 1.29 is 23.9 Å². The molecular weight excluding hydrogens is 308 g/mol. The van der Waals surface area contributed by atoms with Gasteiger partial charge in [0.15, 0.2) is 0 Å². The molecule has 0 spiro atoms. The molecule has 0 aliphatic heterocycles. The van der Waals surface area contributed by atoms with E-state index in [-0.39, 0.29) is 12.2 Å². The molecule has 2 aromatic rings. The molecule has 0 radical (unpaired) electrons. The lowest BCUT2D eigenvalue weighted by atomic mass is 10.1. The average molecular weight is 326 g/mol. The van der Waals surface area contributed by atoms with Gasteiger partial charge in [0, 0.05) is 5.56 Å². The lowest BCUT2D eigenvalue weighted by molar-refractivity contribution is -0.141. The molecule has 2 rings (SSSR count). The minimum Gasteiger partial charge on any atom is -0.456 e. The standard InChI is InChI=1S/C19H18O5/c1-2-16(24-18(21)15-11-7-4-8-12-15)13-23-19(22)17(20)14-9-5-3-6-10-14/h3-12,16H,2,13H2,1H3. The third-order valence-electron chi connectivity index (χ3n) is 3.36. The van der Waals surface area contributed by atoms with Gasteiger partial charge in [-0.3, -0.25) is 4.79 Å². The molecule has 0 fully saturated rings. The molecule has 1 unspecified atom stereocenters. The number of carbonyl (C=O) groups excluding carboxylic acids is 3.